The van der Waals surface area contributed by atoms with E-state index in [1.807, 2.05) is 0 Å². The highest BCUT2D eigenvalue weighted by molar-refractivity contribution is 5.58. The molecule has 0 radical (unpaired) electrons. The maximum absolute atomic E-state index is 10.2. The van der Waals surface area contributed by atoms with Crippen molar-refractivity contribution in [3.8, 4) is 0 Å². The van der Waals surface area contributed by atoms with Gasteiger partial charge in [-0.2, -0.15) is 0 Å². The molecule has 1 rings (SSSR count). The summed E-state index contributed by atoms with van der Waals surface area (Å²) >= 11 is 0. The van der Waals surface area contributed by atoms with Crippen LogP contribution in [0.4, 0.5) is 0 Å². The number of ether oxygens (including phenoxy) is 1. The Bertz CT molecular complexity index is 123. The van der Waals surface area contributed by atoms with Crippen LogP contribution in [0, 0.1) is 0 Å². The van der Waals surface area contributed by atoms with E-state index in [-0.39, 0.29) is 0 Å². The summed E-state index contributed by atoms with van der Waals surface area (Å²) in [5.74, 6) is 0. The molecule has 1 unspecified atom stereocenters. The number of hydrogen-bond donors (Lipinski definition) is 0. The van der Waals surface area contributed by atoms with E-state index in [1.165, 1.54) is 4.90 Å². The highest BCUT2D eigenvalue weighted by atomic mass is 16.5. The third-order valence-corrected chi connectivity index (χ3v) is 1.43. The van der Waals surface area contributed by atoms with Gasteiger partial charge in [-0.1, -0.05) is 0 Å². The first kappa shape index (κ1) is 7.21. The molecule has 10 heavy (non-hydrogen) atoms. The van der Waals surface area contributed by atoms with Crippen LogP contribution < -0.4 is 0 Å². The van der Waals surface area contributed by atoms with Crippen LogP contribution in [-0.4, -0.2) is 43.4 Å². The highest BCUT2D eigenvalue weighted by Gasteiger charge is 2.17. The molecule has 4 heteroatoms. The van der Waals surface area contributed by atoms with Gasteiger partial charge in [0.05, 0.1) is 13.2 Å². The monoisotopic (exact) mass is 143 g/mol. The quantitative estimate of drug-likeness (QED) is 0.468. The predicted octanol–water partition coefficient (Wildman–Crippen LogP) is -0.957. The van der Waals surface area contributed by atoms with Crippen molar-refractivity contribution in [3.63, 3.8) is 0 Å². The molecule has 0 aliphatic carbocycles. The lowest BCUT2D eigenvalue weighted by atomic mass is 10.3. The number of morpholine rings is 1. The molecule has 56 valence electrons. The molecule has 0 spiro atoms. The minimum Gasteiger partial charge on any atom is -0.367 e. The number of hydrogen-bond acceptors (Lipinski definition) is 3. The third-order valence-electron chi connectivity index (χ3n) is 1.43. The van der Waals surface area contributed by atoms with E-state index >= 15 is 0 Å². The van der Waals surface area contributed by atoms with Crippen LogP contribution in [0.1, 0.15) is 0 Å². The highest BCUT2D eigenvalue weighted by Crippen LogP contribution is 1.99. The van der Waals surface area contributed by atoms with Gasteiger partial charge in [0, 0.05) is 6.54 Å². The van der Waals surface area contributed by atoms with E-state index in [0.717, 1.165) is 12.7 Å². The van der Waals surface area contributed by atoms with Gasteiger partial charge >= 0.3 is 0 Å². The first-order chi connectivity index (χ1) is 4.86. The first-order valence-corrected chi connectivity index (χ1v) is 3.13. The van der Waals surface area contributed by atoms with Crippen LogP contribution >= 0.6 is 0 Å². The number of aldehydes is 1. The van der Waals surface area contributed by atoms with E-state index in [0.29, 0.717) is 19.7 Å². The van der Waals surface area contributed by atoms with E-state index in [2.05, 4.69) is 0 Å². The fourth-order valence-corrected chi connectivity index (χ4v) is 0.875. The summed E-state index contributed by atoms with van der Waals surface area (Å²) in [6, 6.07) is 0. The predicted molar refractivity (Wildman–Crippen MR) is 33.4 cm³/mol. The number of rotatable bonds is 2. The van der Waals surface area contributed by atoms with Crippen LogP contribution in [0.2, 0.25) is 0 Å². The summed E-state index contributed by atoms with van der Waals surface area (Å²) < 4.78 is 4.99. The molecule has 1 heterocycles. The largest absolute Gasteiger partial charge is 0.367 e. The molecule has 0 bridgehead atoms. The molecule has 1 atom stereocenters. The van der Waals surface area contributed by atoms with Crippen molar-refractivity contribution < 1.29 is 14.3 Å². The fourth-order valence-electron chi connectivity index (χ4n) is 0.875. The standard InChI is InChI=1S/C6H9NO3/c8-4-6-3-7(5-9)1-2-10-6/h4-6H,1-3H2. The second kappa shape index (κ2) is 3.31. The Hall–Kier alpha value is -0.900. The first-order valence-electron chi connectivity index (χ1n) is 3.13. The molecule has 1 saturated heterocycles. The summed E-state index contributed by atoms with van der Waals surface area (Å²) in [5, 5.41) is 0. The van der Waals surface area contributed by atoms with Gasteiger partial charge in [-0.15, -0.1) is 0 Å². The lowest BCUT2D eigenvalue weighted by Gasteiger charge is -2.26. The van der Waals surface area contributed by atoms with Gasteiger partial charge in [0.25, 0.3) is 0 Å². The molecule has 1 aliphatic rings. The maximum atomic E-state index is 10.2. The van der Waals surface area contributed by atoms with E-state index in [9.17, 15) is 9.59 Å². The van der Waals surface area contributed by atoms with Crippen LogP contribution in [0.3, 0.4) is 0 Å². The Kier molecular flexibility index (Phi) is 2.39. The lowest BCUT2D eigenvalue weighted by Crippen LogP contribution is -2.42. The number of nitrogens with zero attached hydrogens (tertiary/aromatic N) is 1. The summed E-state index contributed by atoms with van der Waals surface area (Å²) in [4.78, 5) is 21.9. The number of carbonyl (C=O) groups excluding carboxylic acids is 2. The Labute approximate surface area is 58.8 Å². The topological polar surface area (TPSA) is 46.6 Å². The van der Waals surface area contributed by atoms with Gasteiger partial charge in [-0.25, -0.2) is 0 Å². The smallest absolute Gasteiger partial charge is 0.209 e. The second-order valence-electron chi connectivity index (χ2n) is 2.15. The maximum Gasteiger partial charge on any atom is 0.209 e. The lowest BCUT2D eigenvalue weighted by molar-refractivity contribution is -0.131. The molecule has 4 nitrogen and oxygen atoms in total. The van der Waals surface area contributed by atoms with Gasteiger partial charge in [0.1, 0.15) is 6.10 Å². The third kappa shape index (κ3) is 1.54. The Morgan fingerprint density at radius 1 is 1.50 bits per heavy atom. The summed E-state index contributed by atoms with van der Waals surface area (Å²) in [6.07, 6.45) is 1.04. The summed E-state index contributed by atoms with van der Waals surface area (Å²) in [7, 11) is 0. The van der Waals surface area contributed by atoms with Gasteiger partial charge in [0.2, 0.25) is 6.41 Å². The average molecular weight is 143 g/mol. The zero-order chi connectivity index (χ0) is 7.40. The van der Waals surface area contributed by atoms with Gasteiger partial charge in [-0.3, -0.25) is 4.79 Å². The van der Waals surface area contributed by atoms with E-state index < -0.39 is 6.10 Å². The SMILES string of the molecule is O=CC1CN(C=O)CCO1. The Morgan fingerprint density at radius 2 is 2.30 bits per heavy atom. The van der Waals surface area contributed by atoms with Crippen molar-refractivity contribution >= 4 is 12.7 Å². The van der Waals surface area contributed by atoms with Gasteiger partial charge in [-0.05, 0) is 0 Å². The van der Waals surface area contributed by atoms with Crippen molar-refractivity contribution in [2.75, 3.05) is 19.7 Å². The molecule has 1 amide bonds. The molecule has 1 fully saturated rings. The molecular weight excluding hydrogens is 134 g/mol. The van der Waals surface area contributed by atoms with Crippen molar-refractivity contribution in [1.29, 1.82) is 0 Å². The summed E-state index contributed by atoms with van der Waals surface area (Å²) in [5.41, 5.74) is 0. The number of amides is 1. The molecule has 0 aromatic heterocycles. The Balaban J connectivity index is 2.38. The average Bonchev–Trinajstić information content (AvgIpc) is 2.05. The minimum absolute atomic E-state index is 0.396. The van der Waals surface area contributed by atoms with Crippen molar-refractivity contribution in [1.82, 2.24) is 4.90 Å². The van der Waals surface area contributed by atoms with Crippen LogP contribution in [-0.2, 0) is 14.3 Å². The van der Waals surface area contributed by atoms with E-state index in [4.69, 9.17) is 4.74 Å². The zero-order valence-electron chi connectivity index (χ0n) is 5.53. The fraction of sp³-hybridized carbons (Fsp3) is 0.667. The Morgan fingerprint density at radius 3 is 2.90 bits per heavy atom. The van der Waals surface area contributed by atoms with Gasteiger partial charge < -0.3 is 14.4 Å². The molecule has 1 aliphatic heterocycles. The van der Waals surface area contributed by atoms with Crippen molar-refractivity contribution in [2.45, 2.75) is 6.10 Å². The normalized spacial score (nSPS) is 26.0. The van der Waals surface area contributed by atoms with Crippen LogP contribution in [0.25, 0.3) is 0 Å². The minimum atomic E-state index is -0.418. The summed E-state index contributed by atoms with van der Waals surface area (Å²) in [6.45, 7) is 1.45. The van der Waals surface area contributed by atoms with Crippen molar-refractivity contribution in [3.05, 3.63) is 0 Å². The number of carbonyl (C=O) groups is 2. The van der Waals surface area contributed by atoms with Crippen molar-refractivity contribution in [2.24, 2.45) is 0 Å². The molecule has 0 N–H and O–H groups in total. The molecule has 0 saturated carbocycles. The van der Waals surface area contributed by atoms with Crippen LogP contribution in [0.5, 0.6) is 0 Å². The zero-order valence-corrected chi connectivity index (χ0v) is 5.53. The van der Waals surface area contributed by atoms with E-state index in [1.54, 1.807) is 0 Å². The molecule has 0 aromatic carbocycles. The second-order valence-corrected chi connectivity index (χ2v) is 2.15. The van der Waals surface area contributed by atoms with Gasteiger partial charge in [0.15, 0.2) is 6.29 Å². The van der Waals surface area contributed by atoms with Crippen LogP contribution in [0.15, 0.2) is 0 Å². The molecular formula is C6H9NO3. The molecule has 0 aromatic rings.